The van der Waals surface area contributed by atoms with E-state index in [2.05, 4.69) is 42.5 Å². The topological polar surface area (TPSA) is 38.0 Å². The molecule has 0 amide bonds. The molecule has 0 atom stereocenters. The van der Waals surface area contributed by atoms with Crippen molar-refractivity contribution in [3.63, 3.8) is 0 Å². The van der Waals surface area contributed by atoms with Gasteiger partial charge < -0.3 is 5.11 Å². The van der Waals surface area contributed by atoms with E-state index in [0.717, 1.165) is 19.4 Å². The molecule has 0 aliphatic rings. The Hall–Kier alpha value is -1.61. The first-order valence-corrected chi connectivity index (χ1v) is 5.95. The first-order valence-electron chi connectivity index (χ1n) is 5.95. The molecule has 3 nitrogen and oxygen atoms in total. The van der Waals surface area contributed by atoms with Gasteiger partial charge in [-0.2, -0.15) is 5.10 Å². The van der Waals surface area contributed by atoms with Crippen LogP contribution < -0.4 is 0 Å². The minimum Gasteiger partial charge on any atom is -0.396 e. The van der Waals surface area contributed by atoms with Crippen molar-refractivity contribution in [3.05, 3.63) is 53.3 Å². The number of nitrogens with zero attached hydrogens (tertiary/aromatic N) is 2. The molecule has 1 heterocycles. The van der Waals surface area contributed by atoms with Gasteiger partial charge in [0.2, 0.25) is 0 Å². The molecule has 3 heteroatoms. The van der Waals surface area contributed by atoms with E-state index in [1.165, 1.54) is 16.7 Å². The Morgan fingerprint density at radius 1 is 1.29 bits per heavy atom. The van der Waals surface area contributed by atoms with Crippen molar-refractivity contribution in [1.82, 2.24) is 9.78 Å². The molecule has 0 saturated carbocycles. The number of hydrogen-bond donors (Lipinski definition) is 1. The molecule has 0 aliphatic heterocycles. The van der Waals surface area contributed by atoms with Gasteiger partial charge >= 0.3 is 0 Å². The van der Waals surface area contributed by atoms with Crippen LogP contribution in [0.3, 0.4) is 0 Å². The highest BCUT2D eigenvalue weighted by Gasteiger charge is 2.00. The Labute approximate surface area is 102 Å². The molecule has 0 radical (unpaired) electrons. The Kier molecular flexibility index (Phi) is 3.94. The van der Waals surface area contributed by atoms with Crippen molar-refractivity contribution in [1.29, 1.82) is 0 Å². The molecule has 1 aromatic carbocycles. The van der Waals surface area contributed by atoms with Gasteiger partial charge in [0, 0.05) is 12.8 Å². The summed E-state index contributed by atoms with van der Waals surface area (Å²) in [6, 6.07) is 8.46. The van der Waals surface area contributed by atoms with E-state index in [9.17, 15) is 0 Å². The number of aromatic nitrogens is 2. The second kappa shape index (κ2) is 5.64. The highest BCUT2D eigenvalue weighted by atomic mass is 16.2. The van der Waals surface area contributed by atoms with Crippen LogP contribution in [0.4, 0.5) is 0 Å². The van der Waals surface area contributed by atoms with Crippen LogP contribution in [0, 0.1) is 6.92 Å². The van der Waals surface area contributed by atoms with Crippen LogP contribution in [0.25, 0.3) is 0 Å². The molecule has 90 valence electrons. The number of aryl methyl sites for hydroxylation is 2. The summed E-state index contributed by atoms with van der Waals surface area (Å²) in [4.78, 5) is 0. The zero-order valence-corrected chi connectivity index (χ0v) is 10.1. The van der Waals surface area contributed by atoms with Crippen molar-refractivity contribution in [2.24, 2.45) is 0 Å². The lowest BCUT2D eigenvalue weighted by Crippen LogP contribution is -1.99. The second-order valence-electron chi connectivity index (χ2n) is 4.36. The van der Waals surface area contributed by atoms with Crippen LogP contribution in [0.5, 0.6) is 0 Å². The standard InChI is InChI=1S/C14H18N2O/c1-12-4-2-5-13(8-12)10-16-11-14(9-15-16)6-3-7-17/h2,4-5,8-9,11,17H,3,6-7,10H2,1H3. The maximum Gasteiger partial charge on any atom is 0.0659 e. The van der Waals surface area contributed by atoms with E-state index < -0.39 is 0 Å². The van der Waals surface area contributed by atoms with E-state index in [0.29, 0.717) is 0 Å². The fourth-order valence-corrected chi connectivity index (χ4v) is 1.90. The normalized spacial score (nSPS) is 10.7. The van der Waals surface area contributed by atoms with Crippen LogP contribution in [0.15, 0.2) is 36.7 Å². The number of aliphatic hydroxyl groups excluding tert-OH is 1. The molecule has 0 fully saturated rings. The molecular weight excluding hydrogens is 212 g/mol. The van der Waals surface area contributed by atoms with E-state index in [1.54, 1.807) is 0 Å². The summed E-state index contributed by atoms with van der Waals surface area (Å²) >= 11 is 0. The lowest BCUT2D eigenvalue weighted by atomic mass is 10.1. The summed E-state index contributed by atoms with van der Waals surface area (Å²) < 4.78 is 1.95. The molecular formula is C14H18N2O. The molecule has 0 bridgehead atoms. The first-order chi connectivity index (χ1) is 8.28. The highest BCUT2D eigenvalue weighted by molar-refractivity contribution is 5.22. The number of rotatable bonds is 5. The zero-order valence-electron chi connectivity index (χ0n) is 10.1. The molecule has 17 heavy (non-hydrogen) atoms. The third-order valence-corrected chi connectivity index (χ3v) is 2.74. The van der Waals surface area contributed by atoms with Crippen LogP contribution >= 0.6 is 0 Å². The maximum absolute atomic E-state index is 8.77. The summed E-state index contributed by atoms with van der Waals surface area (Å²) in [5.74, 6) is 0. The third-order valence-electron chi connectivity index (χ3n) is 2.74. The van der Waals surface area contributed by atoms with Gasteiger partial charge in [-0.15, -0.1) is 0 Å². The quantitative estimate of drug-likeness (QED) is 0.854. The van der Waals surface area contributed by atoms with Crippen LogP contribution in [0.2, 0.25) is 0 Å². The predicted octanol–water partition coefficient (Wildman–Crippen LogP) is 2.16. The summed E-state index contributed by atoms with van der Waals surface area (Å²) in [5.41, 5.74) is 3.73. The fraction of sp³-hybridized carbons (Fsp3) is 0.357. The lowest BCUT2D eigenvalue weighted by Gasteiger charge is -2.02. The van der Waals surface area contributed by atoms with Crippen LogP contribution in [-0.2, 0) is 13.0 Å². The van der Waals surface area contributed by atoms with Gasteiger partial charge in [0.15, 0.2) is 0 Å². The third kappa shape index (κ3) is 3.43. The van der Waals surface area contributed by atoms with Gasteiger partial charge in [0.25, 0.3) is 0 Å². The minimum absolute atomic E-state index is 0.239. The van der Waals surface area contributed by atoms with E-state index in [4.69, 9.17) is 5.11 Å². The maximum atomic E-state index is 8.77. The lowest BCUT2D eigenvalue weighted by molar-refractivity contribution is 0.288. The van der Waals surface area contributed by atoms with E-state index in [1.807, 2.05) is 10.9 Å². The second-order valence-corrected chi connectivity index (χ2v) is 4.36. The van der Waals surface area contributed by atoms with Crippen molar-refractivity contribution in [2.45, 2.75) is 26.3 Å². The van der Waals surface area contributed by atoms with Gasteiger partial charge in [-0.3, -0.25) is 4.68 Å². The summed E-state index contributed by atoms with van der Waals surface area (Å²) in [7, 11) is 0. The molecule has 0 saturated heterocycles. The zero-order chi connectivity index (χ0) is 12.1. The average Bonchev–Trinajstić information content (AvgIpc) is 2.74. The molecule has 1 aromatic heterocycles. The van der Waals surface area contributed by atoms with E-state index >= 15 is 0 Å². The molecule has 2 aromatic rings. The molecule has 0 unspecified atom stereocenters. The van der Waals surface area contributed by atoms with Gasteiger partial charge in [0.1, 0.15) is 0 Å². The van der Waals surface area contributed by atoms with Crippen LogP contribution in [-0.4, -0.2) is 21.5 Å². The smallest absolute Gasteiger partial charge is 0.0659 e. The summed E-state index contributed by atoms with van der Waals surface area (Å²) in [5, 5.41) is 13.1. The average molecular weight is 230 g/mol. The molecule has 0 spiro atoms. The minimum atomic E-state index is 0.239. The predicted molar refractivity (Wildman–Crippen MR) is 67.9 cm³/mol. The SMILES string of the molecule is Cc1cccc(Cn2cc(CCCO)cn2)c1. The van der Waals surface area contributed by atoms with Crippen molar-refractivity contribution < 1.29 is 5.11 Å². The monoisotopic (exact) mass is 230 g/mol. The van der Waals surface area contributed by atoms with Gasteiger partial charge in [-0.05, 0) is 30.9 Å². The fourth-order valence-electron chi connectivity index (χ4n) is 1.90. The van der Waals surface area contributed by atoms with Crippen LogP contribution in [0.1, 0.15) is 23.1 Å². The van der Waals surface area contributed by atoms with Crippen molar-refractivity contribution in [3.8, 4) is 0 Å². The van der Waals surface area contributed by atoms with Crippen molar-refractivity contribution in [2.75, 3.05) is 6.61 Å². The Morgan fingerprint density at radius 2 is 2.18 bits per heavy atom. The Morgan fingerprint density at radius 3 is 2.94 bits per heavy atom. The van der Waals surface area contributed by atoms with Crippen molar-refractivity contribution >= 4 is 0 Å². The highest BCUT2D eigenvalue weighted by Crippen LogP contribution is 2.07. The molecule has 1 N–H and O–H groups in total. The van der Waals surface area contributed by atoms with E-state index in [-0.39, 0.29) is 6.61 Å². The molecule has 2 rings (SSSR count). The largest absolute Gasteiger partial charge is 0.396 e. The summed E-state index contributed by atoms with van der Waals surface area (Å²) in [6.45, 7) is 3.14. The Balaban J connectivity index is 2.01. The number of benzene rings is 1. The number of aliphatic hydroxyl groups is 1. The van der Waals surface area contributed by atoms with Gasteiger partial charge in [0.05, 0.1) is 12.7 Å². The van der Waals surface area contributed by atoms with Gasteiger partial charge in [-0.1, -0.05) is 29.8 Å². The first kappa shape index (κ1) is 11.9. The number of hydrogen-bond acceptors (Lipinski definition) is 2. The molecule has 0 aliphatic carbocycles. The van der Waals surface area contributed by atoms with Gasteiger partial charge in [-0.25, -0.2) is 0 Å². The Bertz CT molecular complexity index is 477. The summed E-state index contributed by atoms with van der Waals surface area (Å²) in [6.07, 6.45) is 5.63.